The van der Waals surface area contributed by atoms with Gasteiger partial charge in [0, 0.05) is 11.5 Å². The van der Waals surface area contributed by atoms with Gasteiger partial charge in [0.1, 0.15) is 11.3 Å². The van der Waals surface area contributed by atoms with Crippen molar-refractivity contribution in [2.45, 2.75) is 13.0 Å². The highest BCUT2D eigenvalue weighted by molar-refractivity contribution is 6.04. The minimum absolute atomic E-state index is 0.343. The van der Waals surface area contributed by atoms with Crippen molar-refractivity contribution < 1.29 is 19.1 Å². The van der Waals surface area contributed by atoms with Gasteiger partial charge in [-0.3, -0.25) is 0 Å². The van der Waals surface area contributed by atoms with Crippen LogP contribution in [-0.4, -0.2) is 17.2 Å². The first-order chi connectivity index (χ1) is 10.1. The molecule has 0 amide bonds. The lowest BCUT2D eigenvalue weighted by Crippen LogP contribution is -2.22. The third-order valence-corrected chi connectivity index (χ3v) is 3.25. The predicted octanol–water partition coefficient (Wildman–Crippen LogP) is 2.80. The second kappa shape index (κ2) is 4.94. The van der Waals surface area contributed by atoms with E-state index in [0.29, 0.717) is 16.7 Å². The zero-order chi connectivity index (χ0) is 15.0. The first kappa shape index (κ1) is 13.2. The molecule has 0 bridgehead atoms. The molecule has 0 aliphatic heterocycles. The standard InChI is InChI=1S/C16H12O5/c1-9(15(17)18)20-10-6-7-12-11-4-2-3-5-13(11)16(19)21-14(12)8-10/h2-9H,1H3,(H,17,18)/t9-/m0/s1. The number of aliphatic carboxylic acids is 1. The maximum absolute atomic E-state index is 11.9. The van der Waals surface area contributed by atoms with Gasteiger partial charge in [-0.1, -0.05) is 18.2 Å². The van der Waals surface area contributed by atoms with Crippen LogP contribution in [0.1, 0.15) is 6.92 Å². The van der Waals surface area contributed by atoms with Gasteiger partial charge in [-0.25, -0.2) is 9.59 Å². The number of fused-ring (bicyclic) bond motifs is 3. The molecule has 0 radical (unpaired) electrons. The quantitative estimate of drug-likeness (QED) is 0.591. The monoisotopic (exact) mass is 284 g/mol. The number of hydrogen-bond donors (Lipinski definition) is 1. The maximum Gasteiger partial charge on any atom is 0.344 e. The van der Waals surface area contributed by atoms with Crippen molar-refractivity contribution in [3.8, 4) is 5.75 Å². The highest BCUT2D eigenvalue weighted by atomic mass is 16.5. The minimum Gasteiger partial charge on any atom is -0.479 e. The summed E-state index contributed by atoms with van der Waals surface area (Å²) in [5.41, 5.74) is -0.0599. The maximum atomic E-state index is 11.9. The van der Waals surface area contributed by atoms with E-state index in [0.717, 1.165) is 10.8 Å². The molecule has 106 valence electrons. The van der Waals surface area contributed by atoms with Crippen molar-refractivity contribution in [2.75, 3.05) is 0 Å². The van der Waals surface area contributed by atoms with Crippen molar-refractivity contribution in [1.29, 1.82) is 0 Å². The SMILES string of the molecule is C[C@H](Oc1ccc2c(c1)oc(=O)c1ccccc12)C(=O)O. The van der Waals surface area contributed by atoms with E-state index >= 15 is 0 Å². The lowest BCUT2D eigenvalue weighted by Gasteiger charge is -2.11. The normalized spacial score (nSPS) is 12.4. The highest BCUT2D eigenvalue weighted by Gasteiger charge is 2.14. The second-order valence-electron chi connectivity index (χ2n) is 4.69. The van der Waals surface area contributed by atoms with Gasteiger partial charge in [0.15, 0.2) is 6.10 Å². The van der Waals surface area contributed by atoms with Crippen LogP contribution in [0.3, 0.4) is 0 Å². The number of hydrogen-bond acceptors (Lipinski definition) is 4. The van der Waals surface area contributed by atoms with E-state index in [1.165, 1.54) is 13.0 Å². The van der Waals surface area contributed by atoms with Gasteiger partial charge in [-0.15, -0.1) is 0 Å². The van der Waals surface area contributed by atoms with Gasteiger partial charge in [0.2, 0.25) is 0 Å². The largest absolute Gasteiger partial charge is 0.479 e. The summed E-state index contributed by atoms with van der Waals surface area (Å²) in [5, 5.41) is 10.9. The van der Waals surface area contributed by atoms with Crippen LogP contribution in [0.15, 0.2) is 51.7 Å². The molecule has 21 heavy (non-hydrogen) atoms. The molecule has 1 N–H and O–H groups in total. The minimum atomic E-state index is -1.06. The van der Waals surface area contributed by atoms with E-state index in [-0.39, 0.29) is 0 Å². The third-order valence-electron chi connectivity index (χ3n) is 3.25. The van der Waals surface area contributed by atoms with Gasteiger partial charge in [-0.05, 0) is 30.5 Å². The van der Waals surface area contributed by atoms with Gasteiger partial charge >= 0.3 is 11.6 Å². The van der Waals surface area contributed by atoms with Crippen LogP contribution < -0.4 is 10.4 Å². The highest BCUT2D eigenvalue weighted by Crippen LogP contribution is 2.26. The molecule has 1 aromatic heterocycles. The van der Waals surface area contributed by atoms with Crippen LogP contribution in [-0.2, 0) is 4.79 Å². The fourth-order valence-electron chi connectivity index (χ4n) is 2.19. The Kier molecular flexibility index (Phi) is 3.10. The van der Waals surface area contributed by atoms with Crippen LogP contribution in [0.5, 0.6) is 5.75 Å². The van der Waals surface area contributed by atoms with E-state index in [1.807, 2.05) is 12.1 Å². The van der Waals surface area contributed by atoms with E-state index in [1.54, 1.807) is 24.3 Å². The number of carboxylic acid groups (broad SMARTS) is 1. The lowest BCUT2D eigenvalue weighted by atomic mass is 10.1. The first-order valence-corrected chi connectivity index (χ1v) is 6.41. The van der Waals surface area contributed by atoms with Crippen molar-refractivity contribution in [3.63, 3.8) is 0 Å². The number of benzene rings is 2. The molecule has 0 fully saturated rings. The van der Waals surface area contributed by atoms with Crippen LogP contribution in [0, 0.1) is 0 Å². The van der Waals surface area contributed by atoms with E-state index in [9.17, 15) is 9.59 Å². The summed E-state index contributed by atoms with van der Waals surface area (Å²) in [6.45, 7) is 1.43. The van der Waals surface area contributed by atoms with Crippen LogP contribution in [0.4, 0.5) is 0 Å². The van der Waals surface area contributed by atoms with Crippen LogP contribution >= 0.6 is 0 Å². The molecule has 5 nitrogen and oxygen atoms in total. The first-order valence-electron chi connectivity index (χ1n) is 6.41. The van der Waals surface area contributed by atoms with Crippen molar-refractivity contribution in [3.05, 3.63) is 52.9 Å². The van der Waals surface area contributed by atoms with E-state index in [2.05, 4.69) is 0 Å². The average molecular weight is 284 g/mol. The van der Waals surface area contributed by atoms with Crippen molar-refractivity contribution >= 4 is 27.7 Å². The fraction of sp³-hybridized carbons (Fsp3) is 0.125. The Bertz CT molecular complexity index is 894. The molecule has 1 heterocycles. The molecular weight excluding hydrogens is 272 g/mol. The molecule has 3 aromatic rings. The Morgan fingerprint density at radius 3 is 2.57 bits per heavy atom. The predicted molar refractivity (Wildman–Crippen MR) is 77.7 cm³/mol. The Hall–Kier alpha value is -2.82. The molecule has 5 heteroatoms. The molecule has 0 unspecified atom stereocenters. The Morgan fingerprint density at radius 2 is 1.86 bits per heavy atom. The third kappa shape index (κ3) is 2.33. The van der Waals surface area contributed by atoms with E-state index in [4.69, 9.17) is 14.3 Å². The Balaban J connectivity index is 2.17. The summed E-state index contributed by atoms with van der Waals surface area (Å²) in [6.07, 6.45) is -0.977. The summed E-state index contributed by atoms with van der Waals surface area (Å²) in [7, 11) is 0. The summed E-state index contributed by atoms with van der Waals surface area (Å²) in [4.78, 5) is 22.7. The molecule has 0 saturated carbocycles. The lowest BCUT2D eigenvalue weighted by molar-refractivity contribution is -0.144. The zero-order valence-electron chi connectivity index (χ0n) is 11.2. The summed E-state index contributed by atoms with van der Waals surface area (Å²) in [5.74, 6) is -0.717. The molecular formula is C16H12O5. The molecule has 0 spiro atoms. The molecule has 0 aliphatic carbocycles. The Labute approximate surface area is 119 Å². The smallest absolute Gasteiger partial charge is 0.344 e. The molecule has 3 rings (SSSR count). The molecule has 1 atom stereocenters. The summed E-state index contributed by atoms with van der Waals surface area (Å²) < 4.78 is 10.5. The number of carbonyl (C=O) groups is 1. The number of carboxylic acids is 1. The summed E-state index contributed by atoms with van der Waals surface area (Å²) in [6, 6.07) is 12.1. The number of ether oxygens (including phenoxy) is 1. The second-order valence-corrected chi connectivity index (χ2v) is 4.69. The zero-order valence-corrected chi connectivity index (χ0v) is 11.2. The van der Waals surface area contributed by atoms with Gasteiger partial charge in [0.05, 0.1) is 5.39 Å². The topological polar surface area (TPSA) is 76.7 Å². The van der Waals surface area contributed by atoms with Gasteiger partial charge in [0.25, 0.3) is 0 Å². The summed E-state index contributed by atoms with van der Waals surface area (Å²) >= 11 is 0. The molecule has 0 aliphatic rings. The molecule has 2 aromatic carbocycles. The van der Waals surface area contributed by atoms with Gasteiger partial charge < -0.3 is 14.3 Å². The number of rotatable bonds is 3. The van der Waals surface area contributed by atoms with Crippen molar-refractivity contribution in [1.82, 2.24) is 0 Å². The average Bonchev–Trinajstić information content (AvgIpc) is 2.47. The van der Waals surface area contributed by atoms with Gasteiger partial charge in [-0.2, -0.15) is 0 Å². The van der Waals surface area contributed by atoms with Crippen molar-refractivity contribution in [2.24, 2.45) is 0 Å². The van der Waals surface area contributed by atoms with Crippen LogP contribution in [0.25, 0.3) is 21.7 Å². The fourth-order valence-corrected chi connectivity index (χ4v) is 2.19. The Morgan fingerprint density at radius 1 is 1.14 bits per heavy atom. The van der Waals surface area contributed by atoms with Crippen LogP contribution in [0.2, 0.25) is 0 Å². The van der Waals surface area contributed by atoms with E-state index < -0.39 is 17.7 Å². The molecule has 0 saturated heterocycles.